The highest BCUT2D eigenvalue weighted by Crippen LogP contribution is 2.18. The summed E-state index contributed by atoms with van der Waals surface area (Å²) >= 11 is 1.53. The van der Waals surface area contributed by atoms with Gasteiger partial charge in [-0.1, -0.05) is 48.0 Å². The molecule has 1 heterocycles. The van der Waals surface area contributed by atoms with Crippen molar-refractivity contribution >= 4 is 21.4 Å². The van der Waals surface area contributed by atoms with Crippen molar-refractivity contribution in [3.05, 3.63) is 81.8 Å². The summed E-state index contributed by atoms with van der Waals surface area (Å²) in [6.07, 6.45) is 2.62. The fourth-order valence-corrected chi connectivity index (χ4v) is 4.24. The van der Waals surface area contributed by atoms with Crippen LogP contribution in [0, 0.1) is 6.92 Å². The van der Waals surface area contributed by atoms with Crippen molar-refractivity contribution in [2.45, 2.75) is 24.8 Å². The zero-order chi connectivity index (χ0) is 17.0. The maximum absolute atomic E-state index is 12.3. The van der Waals surface area contributed by atoms with E-state index in [-0.39, 0.29) is 11.4 Å². The number of aryl methyl sites for hydroxylation is 1. The van der Waals surface area contributed by atoms with E-state index in [1.54, 1.807) is 24.3 Å². The number of sulfonamides is 1. The lowest BCUT2D eigenvalue weighted by Gasteiger charge is -2.05. The van der Waals surface area contributed by atoms with Crippen LogP contribution >= 0.6 is 11.3 Å². The maximum Gasteiger partial charge on any atom is 0.240 e. The highest BCUT2D eigenvalue weighted by atomic mass is 32.2. The first-order chi connectivity index (χ1) is 11.5. The smallest absolute Gasteiger partial charge is 0.240 e. The minimum Gasteiger partial charge on any atom is -0.248 e. The highest BCUT2D eigenvalue weighted by Gasteiger charge is 2.14. The van der Waals surface area contributed by atoms with E-state index in [2.05, 4.69) is 21.8 Å². The Hall–Kier alpha value is -2.02. The first kappa shape index (κ1) is 16.8. The van der Waals surface area contributed by atoms with E-state index < -0.39 is 10.0 Å². The summed E-state index contributed by atoms with van der Waals surface area (Å²) in [5, 5.41) is 0.761. The van der Waals surface area contributed by atoms with E-state index >= 15 is 0 Å². The largest absolute Gasteiger partial charge is 0.248 e. The third-order valence-corrected chi connectivity index (χ3v) is 5.98. The Morgan fingerprint density at radius 1 is 1.04 bits per heavy atom. The summed E-state index contributed by atoms with van der Waals surface area (Å²) in [6, 6.07) is 16.9. The lowest BCUT2D eigenvalue weighted by atomic mass is 10.1. The number of benzene rings is 2. The van der Waals surface area contributed by atoms with E-state index in [1.165, 1.54) is 16.9 Å². The van der Waals surface area contributed by atoms with Crippen LogP contribution < -0.4 is 4.72 Å². The zero-order valence-corrected chi connectivity index (χ0v) is 14.9. The first-order valence-electron chi connectivity index (χ1n) is 7.57. The molecule has 0 aliphatic rings. The second-order valence-electron chi connectivity index (χ2n) is 5.52. The van der Waals surface area contributed by atoms with Gasteiger partial charge in [0.05, 0.1) is 11.4 Å². The molecule has 3 rings (SSSR count). The van der Waals surface area contributed by atoms with Gasteiger partial charge in [-0.05, 0) is 24.6 Å². The predicted molar refractivity (Wildman–Crippen MR) is 96.6 cm³/mol. The van der Waals surface area contributed by atoms with Gasteiger partial charge in [0.1, 0.15) is 5.01 Å². The molecule has 6 heteroatoms. The molecule has 1 N–H and O–H groups in total. The lowest BCUT2D eigenvalue weighted by molar-refractivity contribution is 0.581. The molecule has 0 saturated carbocycles. The van der Waals surface area contributed by atoms with Crippen molar-refractivity contribution in [1.82, 2.24) is 9.71 Å². The van der Waals surface area contributed by atoms with E-state index in [0.717, 1.165) is 21.9 Å². The van der Waals surface area contributed by atoms with Crippen LogP contribution in [0.3, 0.4) is 0 Å². The molecule has 0 unspecified atom stereocenters. The molecule has 0 aliphatic heterocycles. The van der Waals surface area contributed by atoms with Crippen molar-refractivity contribution in [2.24, 2.45) is 0 Å². The van der Waals surface area contributed by atoms with Crippen LogP contribution in [0.15, 0.2) is 65.7 Å². The van der Waals surface area contributed by atoms with Crippen molar-refractivity contribution in [2.75, 3.05) is 0 Å². The fraction of sp³-hybridized carbons (Fsp3) is 0.167. The molecule has 0 amide bonds. The summed E-state index contributed by atoms with van der Waals surface area (Å²) in [5.74, 6) is 0. The number of hydrogen-bond donors (Lipinski definition) is 1. The molecular formula is C18H18N2O2S2. The molecule has 3 aromatic rings. The van der Waals surface area contributed by atoms with Gasteiger partial charge in [-0.3, -0.25) is 0 Å². The lowest BCUT2D eigenvalue weighted by Crippen LogP contribution is -2.23. The van der Waals surface area contributed by atoms with E-state index in [9.17, 15) is 8.42 Å². The van der Waals surface area contributed by atoms with Crippen LogP contribution in [0.4, 0.5) is 0 Å². The topological polar surface area (TPSA) is 59.1 Å². The van der Waals surface area contributed by atoms with Gasteiger partial charge in [-0.2, -0.15) is 0 Å². The van der Waals surface area contributed by atoms with Crippen LogP contribution in [-0.4, -0.2) is 13.4 Å². The van der Waals surface area contributed by atoms with Crippen molar-refractivity contribution in [1.29, 1.82) is 0 Å². The summed E-state index contributed by atoms with van der Waals surface area (Å²) in [5.41, 5.74) is 2.24. The Morgan fingerprint density at radius 3 is 2.46 bits per heavy atom. The average molecular weight is 358 g/mol. The van der Waals surface area contributed by atoms with E-state index in [0.29, 0.717) is 0 Å². The summed E-state index contributed by atoms with van der Waals surface area (Å²) in [4.78, 5) is 5.70. The van der Waals surface area contributed by atoms with E-state index in [1.807, 2.05) is 31.3 Å². The Morgan fingerprint density at radius 2 is 1.75 bits per heavy atom. The molecule has 0 aliphatic carbocycles. The van der Waals surface area contributed by atoms with Crippen molar-refractivity contribution in [3.8, 4) is 0 Å². The van der Waals surface area contributed by atoms with Crippen LogP contribution in [0.25, 0.3) is 0 Å². The van der Waals surface area contributed by atoms with Gasteiger partial charge in [-0.25, -0.2) is 18.1 Å². The number of hydrogen-bond acceptors (Lipinski definition) is 4. The van der Waals surface area contributed by atoms with Gasteiger partial charge in [0.2, 0.25) is 10.0 Å². The molecular weight excluding hydrogens is 340 g/mol. The predicted octanol–water partition coefficient (Wildman–Crippen LogP) is 3.52. The van der Waals surface area contributed by atoms with Gasteiger partial charge >= 0.3 is 0 Å². The molecule has 0 spiro atoms. The third kappa shape index (κ3) is 4.29. The van der Waals surface area contributed by atoms with Crippen LogP contribution in [0.2, 0.25) is 0 Å². The SMILES string of the molecule is Cc1ccc(S(=O)(=O)NCc2ncc(Cc3ccccc3)s2)cc1. The van der Waals surface area contributed by atoms with Crippen molar-refractivity contribution < 1.29 is 8.42 Å². The third-order valence-electron chi connectivity index (χ3n) is 3.57. The normalized spacial score (nSPS) is 11.5. The molecule has 0 atom stereocenters. The van der Waals surface area contributed by atoms with Crippen LogP contribution in [-0.2, 0) is 23.0 Å². The van der Waals surface area contributed by atoms with Crippen LogP contribution in [0.1, 0.15) is 21.0 Å². The minimum absolute atomic E-state index is 0.204. The van der Waals surface area contributed by atoms with Gasteiger partial charge < -0.3 is 0 Å². The van der Waals surface area contributed by atoms with Gasteiger partial charge in [-0.15, -0.1) is 11.3 Å². The van der Waals surface area contributed by atoms with Crippen molar-refractivity contribution in [3.63, 3.8) is 0 Å². The number of thiazole rings is 1. The molecule has 0 bridgehead atoms. The number of aromatic nitrogens is 1. The average Bonchev–Trinajstić information content (AvgIpc) is 3.02. The second-order valence-corrected chi connectivity index (χ2v) is 8.49. The summed E-state index contributed by atoms with van der Waals surface area (Å²) in [7, 11) is -3.51. The van der Waals surface area contributed by atoms with Gasteiger partial charge in [0, 0.05) is 17.5 Å². The van der Waals surface area contributed by atoms with Gasteiger partial charge in [0.15, 0.2) is 0 Å². The fourth-order valence-electron chi connectivity index (χ4n) is 2.27. The zero-order valence-electron chi connectivity index (χ0n) is 13.3. The molecule has 0 saturated heterocycles. The Bertz CT molecular complexity index is 902. The molecule has 2 aromatic carbocycles. The standard InChI is InChI=1S/C18H18N2O2S2/c1-14-7-9-17(10-8-14)24(21,22)20-13-18-19-12-16(23-18)11-15-5-3-2-4-6-15/h2-10,12,20H,11,13H2,1H3. The molecule has 124 valence electrons. The molecule has 24 heavy (non-hydrogen) atoms. The Kier molecular flexibility index (Phi) is 5.08. The summed E-state index contributed by atoms with van der Waals surface area (Å²) in [6.45, 7) is 2.13. The van der Waals surface area contributed by atoms with Gasteiger partial charge in [0.25, 0.3) is 0 Å². The molecule has 4 nitrogen and oxygen atoms in total. The Labute approximate surface area is 146 Å². The molecule has 0 radical (unpaired) electrons. The number of nitrogens with one attached hydrogen (secondary N) is 1. The molecule has 0 fully saturated rings. The number of rotatable bonds is 6. The van der Waals surface area contributed by atoms with E-state index in [4.69, 9.17) is 0 Å². The quantitative estimate of drug-likeness (QED) is 0.733. The monoisotopic (exact) mass is 358 g/mol. The van der Waals surface area contributed by atoms with Crippen LogP contribution in [0.5, 0.6) is 0 Å². The second kappa shape index (κ2) is 7.25. The first-order valence-corrected chi connectivity index (χ1v) is 9.87. The highest BCUT2D eigenvalue weighted by molar-refractivity contribution is 7.89. The summed E-state index contributed by atoms with van der Waals surface area (Å²) < 4.78 is 27.2. The Balaban J connectivity index is 1.64. The molecule has 1 aromatic heterocycles. The minimum atomic E-state index is -3.51. The number of nitrogens with zero attached hydrogens (tertiary/aromatic N) is 1. The maximum atomic E-state index is 12.3.